The predicted octanol–water partition coefficient (Wildman–Crippen LogP) is 4.59. The van der Waals surface area contributed by atoms with Crippen LogP contribution >= 0.6 is 0 Å². The molecule has 4 aromatic rings. The molecule has 1 aliphatic rings. The van der Waals surface area contributed by atoms with Gasteiger partial charge in [-0.25, -0.2) is 9.97 Å². The molecule has 5 rings (SSSR count). The summed E-state index contributed by atoms with van der Waals surface area (Å²) >= 11 is 0. The Balaban J connectivity index is 1.38. The molecule has 8 heteroatoms. The molecule has 8 nitrogen and oxygen atoms in total. The maximum atomic E-state index is 12.7. The summed E-state index contributed by atoms with van der Waals surface area (Å²) in [6.07, 6.45) is 1.82. The highest BCUT2D eigenvalue weighted by Crippen LogP contribution is 2.34. The van der Waals surface area contributed by atoms with Crippen LogP contribution in [0.2, 0.25) is 0 Å². The van der Waals surface area contributed by atoms with Crippen molar-refractivity contribution in [3.8, 4) is 16.9 Å². The first-order chi connectivity index (χ1) is 18.1. The average molecular weight is 497 g/mol. The van der Waals surface area contributed by atoms with Crippen LogP contribution in [0, 0.1) is 6.92 Å². The van der Waals surface area contributed by atoms with Gasteiger partial charge in [0, 0.05) is 60.3 Å². The lowest BCUT2D eigenvalue weighted by molar-refractivity contribution is -0.117. The third-order valence-corrected chi connectivity index (χ3v) is 6.43. The first-order valence-corrected chi connectivity index (χ1v) is 12.7. The van der Waals surface area contributed by atoms with E-state index in [0.29, 0.717) is 19.1 Å². The fraction of sp³-hybridized carbons (Fsp3) is 0.276. The molecule has 1 amide bonds. The Morgan fingerprint density at radius 3 is 2.70 bits per heavy atom. The normalized spacial score (nSPS) is 13.9. The predicted molar refractivity (Wildman–Crippen MR) is 149 cm³/mol. The van der Waals surface area contributed by atoms with Crippen molar-refractivity contribution in [1.82, 2.24) is 20.2 Å². The SMILES string of the molecule is CCOc1ccccc1-c1cccc2cnc(Nc3ccc(C)c(NC(=O)CN4CCNCC4)c3)nc12. The number of benzene rings is 3. The Kier molecular flexibility index (Phi) is 7.58. The van der Waals surface area contributed by atoms with Gasteiger partial charge >= 0.3 is 0 Å². The van der Waals surface area contributed by atoms with Crippen molar-refractivity contribution in [2.24, 2.45) is 0 Å². The summed E-state index contributed by atoms with van der Waals surface area (Å²) in [5.74, 6) is 1.29. The summed E-state index contributed by atoms with van der Waals surface area (Å²) in [6, 6.07) is 19.9. The number of carbonyl (C=O) groups is 1. The van der Waals surface area contributed by atoms with Gasteiger partial charge in [-0.2, -0.15) is 0 Å². The topological polar surface area (TPSA) is 91.4 Å². The molecule has 1 fully saturated rings. The lowest BCUT2D eigenvalue weighted by Crippen LogP contribution is -2.46. The number of aryl methyl sites for hydroxylation is 1. The highest BCUT2D eigenvalue weighted by Gasteiger charge is 2.15. The molecule has 0 unspecified atom stereocenters. The smallest absolute Gasteiger partial charge is 0.238 e. The zero-order chi connectivity index (χ0) is 25.6. The number of fused-ring (bicyclic) bond motifs is 1. The van der Waals surface area contributed by atoms with E-state index in [4.69, 9.17) is 9.72 Å². The van der Waals surface area contributed by atoms with Gasteiger partial charge in [0.1, 0.15) is 5.75 Å². The van der Waals surface area contributed by atoms with Gasteiger partial charge in [0.2, 0.25) is 11.9 Å². The zero-order valence-corrected chi connectivity index (χ0v) is 21.3. The number of carbonyl (C=O) groups excluding carboxylic acids is 1. The number of aromatic nitrogens is 2. The lowest BCUT2D eigenvalue weighted by atomic mass is 10.0. The second-order valence-corrected chi connectivity index (χ2v) is 9.10. The van der Waals surface area contributed by atoms with Crippen LogP contribution < -0.4 is 20.7 Å². The molecule has 3 N–H and O–H groups in total. The van der Waals surface area contributed by atoms with Crippen molar-refractivity contribution < 1.29 is 9.53 Å². The molecule has 0 saturated carbocycles. The van der Waals surface area contributed by atoms with Gasteiger partial charge in [0.25, 0.3) is 0 Å². The Morgan fingerprint density at radius 2 is 1.86 bits per heavy atom. The molecule has 0 aliphatic carbocycles. The quantitative estimate of drug-likeness (QED) is 0.329. The molecule has 1 saturated heterocycles. The lowest BCUT2D eigenvalue weighted by Gasteiger charge is -2.26. The summed E-state index contributed by atoms with van der Waals surface area (Å²) in [5.41, 5.74) is 5.38. The molecule has 1 aliphatic heterocycles. The van der Waals surface area contributed by atoms with E-state index in [1.54, 1.807) is 0 Å². The maximum absolute atomic E-state index is 12.7. The average Bonchev–Trinajstić information content (AvgIpc) is 2.91. The monoisotopic (exact) mass is 496 g/mol. The number of nitrogens with one attached hydrogen (secondary N) is 3. The number of anilines is 3. The first kappa shape index (κ1) is 24.7. The van der Waals surface area contributed by atoms with E-state index in [1.165, 1.54) is 0 Å². The van der Waals surface area contributed by atoms with Crippen molar-refractivity contribution in [3.63, 3.8) is 0 Å². The molecule has 2 heterocycles. The van der Waals surface area contributed by atoms with Gasteiger partial charge in [0.05, 0.1) is 18.7 Å². The van der Waals surface area contributed by atoms with Crippen molar-refractivity contribution in [3.05, 3.63) is 72.4 Å². The van der Waals surface area contributed by atoms with Crippen molar-refractivity contribution in [2.75, 3.05) is 50.0 Å². The number of nitrogens with zero attached hydrogens (tertiary/aromatic N) is 3. The van der Waals surface area contributed by atoms with Crippen LogP contribution in [-0.2, 0) is 4.79 Å². The molecule has 1 aromatic heterocycles. The molecule has 0 bridgehead atoms. The highest BCUT2D eigenvalue weighted by molar-refractivity contribution is 5.96. The second kappa shape index (κ2) is 11.4. The summed E-state index contributed by atoms with van der Waals surface area (Å²) in [6.45, 7) is 8.53. The molecule has 3 aromatic carbocycles. The molecule has 0 spiro atoms. The van der Waals surface area contributed by atoms with E-state index in [9.17, 15) is 4.79 Å². The third-order valence-electron chi connectivity index (χ3n) is 6.43. The van der Waals surface area contributed by atoms with Crippen LogP contribution in [0.15, 0.2) is 66.9 Å². The summed E-state index contributed by atoms with van der Waals surface area (Å²) in [7, 11) is 0. The number of piperazine rings is 1. The van der Waals surface area contributed by atoms with Crippen LogP contribution in [0.3, 0.4) is 0 Å². The molecule has 190 valence electrons. The van der Waals surface area contributed by atoms with Gasteiger partial charge < -0.3 is 20.7 Å². The summed E-state index contributed by atoms with van der Waals surface area (Å²) < 4.78 is 5.87. The number of ether oxygens (including phenoxy) is 1. The summed E-state index contributed by atoms with van der Waals surface area (Å²) in [5, 5.41) is 10.6. The molecule has 0 radical (unpaired) electrons. The van der Waals surface area contributed by atoms with E-state index >= 15 is 0 Å². The van der Waals surface area contributed by atoms with Crippen molar-refractivity contribution in [1.29, 1.82) is 0 Å². The minimum atomic E-state index is -0.0123. The van der Waals surface area contributed by atoms with Gasteiger partial charge in [-0.05, 0) is 37.6 Å². The van der Waals surface area contributed by atoms with E-state index in [0.717, 1.165) is 70.9 Å². The van der Waals surface area contributed by atoms with Crippen molar-refractivity contribution >= 4 is 34.1 Å². The van der Waals surface area contributed by atoms with E-state index in [2.05, 4.69) is 31.9 Å². The number of amides is 1. The maximum Gasteiger partial charge on any atom is 0.238 e. The fourth-order valence-corrected chi connectivity index (χ4v) is 4.53. The molecule has 0 atom stereocenters. The third kappa shape index (κ3) is 5.87. The molecule has 37 heavy (non-hydrogen) atoms. The number of hydrogen-bond acceptors (Lipinski definition) is 7. The zero-order valence-electron chi connectivity index (χ0n) is 21.3. The first-order valence-electron chi connectivity index (χ1n) is 12.7. The van der Waals surface area contributed by atoms with E-state index < -0.39 is 0 Å². The van der Waals surface area contributed by atoms with Crippen LogP contribution in [0.25, 0.3) is 22.0 Å². The summed E-state index contributed by atoms with van der Waals surface area (Å²) in [4.78, 5) is 24.2. The highest BCUT2D eigenvalue weighted by atomic mass is 16.5. The van der Waals surface area contributed by atoms with Gasteiger partial charge in [0.15, 0.2) is 0 Å². The Labute approximate surface area is 217 Å². The molecular weight excluding hydrogens is 464 g/mol. The van der Waals surface area contributed by atoms with Gasteiger partial charge in [-0.3, -0.25) is 9.69 Å². The van der Waals surface area contributed by atoms with Gasteiger partial charge in [-0.15, -0.1) is 0 Å². The molecular formula is C29H32N6O2. The number of rotatable bonds is 8. The second-order valence-electron chi connectivity index (χ2n) is 9.10. The standard InChI is InChI=1S/C29H32N6O2/c1-3-37-26-10-5-4-8-23(26)24-9-6-7-21-18-31-29(34-28(21)24)32-22-12-11-20(2)25(17-22)33-27(36)19-35-15-13-30-14-16-35/h4-12,17-18,30H,3,13-16,19H2,1-2H3,(H,33,36)(H,31,32,34). The van der Waals surface area contributed by atoms with Crippen LogP contribution in [0.4, 0.5) is 17.3 Å². The van der Waals surface area contributed by atoms with E-state index in [-0.39, 0.29) is 5.91 Å². The fourth-order valence-electron chi connectivity index (χ4n) is 4.53. The largest absolute Gasteiger partial charge is 0.493 e. The van der Waals surface area contributed by atoms with Crippen LogP contribution in [-0.4, -0.2) is 60.1 Å². The number of para-hydroxylation sites is 2. The minimum Gasteiger partial charge on any atom is -0.493 e. The Hall–Kier alpha value is -4.01. The Bertz CT molecular complexity index is 1400. The number of hydrogen-bond donors (Lipinski definition) is 3. The van der Waals surface area contributed by atoms with Crippen LogP contribution in [0.1, 0.15) is 12.5 Å². The minimum absolute atomic E-state index is 0.0123. The van der Waals surface area contributed by atoms with Crippen molar-refractivity contribution in [2.45, 2.75) is 13.8 Å². The van der Waals surface area contributed by atoms with Gasteiger partial charge in [-0.1, -0.05) is 42.5 Å². The van der Waals surface area contributed by atoms with E-state index in [1.807, 2.05) is 74.6 Å². The Morgan fingerprint density at radius 1 is 1.05 bits per heavy atom. The van der Waals surface area contributed by atoms with Crippen LogP contribution in [0.5, 0.6) is 5.75 Å².